The molecule has 7 nitrogen and oxygen atoms in total. The molecule has 0 fully saturated rings. The van der Waals surface area contributed by atoms with Crippen LogP contribution >= 0.6 is 0 Å². The summed E-state index contributed by atoms with van der Waals surface area (Å²) >= 11 is 0. The van der Waals surface area contributed by atoms with Gasteiger partial charge in [-0.3, -0.25) is 5.32 Å². The lowest BCUT2D eigenvalue weighted by atomic mass is 10.1. The third kappa shape index (κ3) is 5.75. The third-order valence-electron chi connectivity index (χ3n) is 3.55. The molecule has 0 aliphatic rings. The standard InChI is InChI=1S/C18H22N2O5S/c1-3-25-18(21)20-15-6-10-17(11-7-15)26(22,23)19-13-12-14-4-8-16(24-2)9-5-14/h4-11,19H,3,12-13H2,1-2H3,(H,20,21). The molecule has 2 N–H and O–H groups in total. The van der Waals surface area contributed by atoms with E-state index in [0.717, 1.165) is 11.3 Å². The Bertz CT molecular complexity index is 818. The smallest absolute Gasteiger partial charge is 0.411 e. The van der Waals surface area contributed by atoms with E-state index in [2.05, 4.69) is 10.0 Å². The van der Waals surface area contributed by atoms with Gasteiger partial charge in [0.2, 0.25) is 10.0 Å². The Morgan fingerprint density at radius 3 is 2.27 bits per heavy atom. The Morgan fingerprint density at radius 2 is 1.69 bits per heavy atom. The zero-order valence-corrected chi connectivity index (χ0v) is 15.5. The second kappa shape index (κ2) is 9.21. The van der Waals surface area contributed by atoms with Crippen LogP contribution in [0, 0.1) is 0 Å². The second-order valence-corrected chi connectivity index (χ2v) is 7.13. The highest BCUT2D eigenvalue weighted by Crippen LogP contribution is 2.15. The zero-order chi connectivity index (χ0) is 19.0. The van der Waals surface area contributed by atoms with Crippen LogP contribution in [0.1, 0.15) is 12.5 Å². The molecule has 0 bridgehead atoms. The Morgan fingerprint density at radius 1 is 1.04 bits per heavy atom. The maximum absolute atomic E-state index is 12.3. The molecule has 0 radical (unpaired) electrons. The highest BCUT2D eigenvalue weighted by molar-refractivity contribution is 7.89. The van der Waals surface area contributed by atoms with Crippen LogP contribution in [0.15, 0.2) is 53.4 Å². The Balaban J connectivity index is 1.91. The minimum atomic E-state index is -3.62. The average Bonchev–Trinajstić information content (AvgIpc) is 2.63. The van der Waals surface area contributed by atoms with Crippen molar-refractivity contribution >= 4 is 21.8 Å². The highest BCUT2D eigenvalue weighted by atomic mass is 32.2. The first kappa shape index (κ1) is 19.7. The maximum atomic E-state index is 12.3. The van der Waals surface area contributed by atoms with Gasteiger partial charge < -0.3 is 9.47 Å². The fraction of sp³-hybridized carbons (Fsp3) is 0.278. The third-order valence-corrected chi connectivity index (χ3v) is 5.03. The number of hydrogen-bond acceptors (Lipinski definition) is 5. The van der Waals surface area contributed by atoms with Crippen LogP contribution in [0.3, 0.4) is 0 Å². The fourth-order valence-electron chi connectivity index (χ4n) is 2.21. The molecule has 8 heteroatoms. The fourth-order valence-corrected chi connectivity index (χ4v) is 3.24. The lowest BCUT2D eigenvalue weighted by molar-refractivity contribution is 0.168. The van der Waals surface area contributed by atoms with Gasteiger partial charge in [-0.25, -0.2) is 17.9 Å². The van der Waals surface area contributed by atoms with Crippen LogP contribution in [0.4, 0.5) is 10.5 Å². The molecule has 140 valence electrons. The van der Waals surface area contributed by atoms with Gasteiger partial charge in [0.25, 0.3) is 0 Å². The number of anilines is 1. The number of hydrogen-bond donors (Lipinski definition) is 2. The van der Waals surface area contributed by atoms with Gasteiger partial charge in [0.05, 0.1) is 18.6 Å². The van der Waals surface area contributed by atoms with Gasteiger partial charge >= 0.3 is 6.09 Å². The largest absolute Gasteiger partial charge is 0.497 e. The number of sulfonamides is 1. The van der Waals surface area contributed by atoms with Crippen molar-refractivity contribution in [3.8, 4) is 5.75 Å². The number of methoxy groups -OCH3 is 1. The summed E-state index contributed by atoms with van der Waals surface area (Å²) in [6.07, 6.45) is -0.0214. The van der Waals surface area contributed by atoms with E-state index in [1.54, 1.807) is 14.0 Å². The molecule has 0 aliphatic heterocycles. The Hall–Kier alpha value is -2.58. The van der Waals surface area contributed by atoms with E-state index in [-0.39, 0.29) is 18.0 Å². The molecule has 1 amide bonds. The van der Waals surface area contributed by atoms with Gasteiger partial charge in [0, 0.05) is 12.2 Å². The molecule has 0 heterocycles. The lowest BCUT2D eigenvalue weighted by Gasteiger charge is -2.09. The first-order valence-corrected chi connectivity index (χ1v) is 9.59. The Kier molecular flexibility index (Phi) is 6.99. The van der Waals surface area contributed by atoms with Crippen molar-refractivity contribution < 1.29 is 22.7 Å². The number of carbonyl (C=O) groups is 1. The van der Waals surface area contributed by atoms with Crippen molar-refractivity contribution in [3.63, 3.8) is 0 Å². The molecule has 26 heavy (non-hydrogen) atoms. The van der Waals surface area contributed by atoms with Crippen molar-refractivity contribution in [2.75, 3.05) is 25.6 Å². The number of benzene rings is 2. The zero-order valence-electron chi connectivity index (χ0n) is 14.7. The van der Waals surface area contributed by atoms with Crippen LogP contribution in [0.2, 0.25) is 0 Å². The SMILES string of the molecule is CCOC(=O)Nc1ccc(S(=O)(=O)NCCc2ccc(OC)cc2)cc1. The Labute approximate surface area is 153 Å². The van der Waals surface area contributed by atoms with Crippen LogP contribution in [0.5, 0.6) is 5.75 Å². The van der Waals surface area contributed by atoms with Crippen molar-refractivity contribution in [2.24, 2.45) is 0 Å². The summed E-state index contributed by atoms with van der Waals surface area (Å²) in [5.41, 5.74) is 1.46. The van der Waals surface area contributed by atoms with Crippen molar-refractivity contribution in [1.82, 2.24) is 4.72 Å². The van der Waals surface area contributed by atoms with Gasteiger partial charge in [-0.05, 0) is 55.3 Å². The molecule has 0 atom stereocenters. The van der Waals surface area contributed by atoms with Crippen LogP contribution in [-0.2, 0) is 21.2 Å². The summed E-state index contributed by atoms with van der Waals surface area (Å²) in [6.45, 7) is 2.24. The van der Waals surface area contributed by atoms with E-state index in [1.807, 2.05) is 24.3 Å². The van der Waals surface area contributed by atoms with E-state index in [1.165, 1.54) is 24.3 Å². The number of amides is 1. The first-order valence-electron chi connectivity index (χ1n) is 8.11. The summed E-state index contributed by atoms with van der Waals surface area (Å²) < 4.78 is 37.0. The molecule has 0 unspecified atom stereocenters. The predicted molar refractivity (Wildman–Crippen MR) is 99.0 cm³/mol. The molecule has 2 aromatic carbocycles. The maximum Gasteiger partial charge on any atom is 0.411 e. The average molecular weight is 378 g/mol. The van der Waals surface area contributed by atoms with Crippen molar-refractivity contribution in [2.45, 2.75) is 18.2 Å². The monoisotopic (exact) mass is 378 g/mol. The predicted octanol–water partition coefficient (Wildman–Crippen LogP) is 2.78. The normalized spacial score (nSPS) is 11.0. The molecule has 0 aromatic heterocycles. The number of nitrogens with one attached hydrogen (secondary N) is 2. The number of carbonyl (C=O) groups excluding carboxylic acids is 1. The van der Waals surface area contributed by atoms with Crippen LogP contribution < -0.4 is 14.8 Å². The summed E-state index contributed by atoms with van der Waals surface area (Å²) in [5, 5.41) is 2.51. The van der Waals surface area contributed by atoms with Gasteiger partial charge in [-0.15, -0.1) is 0 Å². The molecule has 0 saturated carbocycles. The van der Waals surface area contributed by atoms with E-state index in [4.69, 9.17) is 9.47 Å². The minimum Gasteiger partial charge on any atom is -0.497 e. The molecule has 2 rings (SSSR count). The molecule has 0 spiro atoms. The van der Waals surface area contributed by atoms with Crippen molar-refractivity contribution in [1.29, 1.82) is 0 Å². The summed E-state index contributed by atoms with van der Waals surface area (Å²) in [6, 6.07) is 13.3. The van der Waals surface area contributed by atoms with Gasteiger partial charge in [0.15, 0.2) is 0 Å². The van der Waals surface area contributed by atoms with Gasteiger partial charge in [-0.2, -0.15) is 0 Å². The highest BCUT2D eigenvalue weighted by Gasteiger charge is 2.13. The molecular formula is C18H22N2O5S. The van der Waals surface area contributed by atoms with E-state index in [0.29, 0.717) is 12.1 Å². The first-order chi connectivity index (χ1) is 12.4. The van der Waals surface area contributed by atoms with Crippen LogP contribution in [0.25, 0.3) is 0 Å². The summed E-state index contributed by atoms with van der Waals surface area (Å²) in [4.78, 5) is 11.5. The minimum absolute atomic E-state index is 0.127. The second-order valence-electron chi connectivity index (χ2n) is 5.37. The van der Waals surface area contributed by atoms with Crippen LogP contribution in [-0.4, -0.2) is 34.8 Å². The summed E-state index contributed by atoms with van der Waals surface area (Å²) in [7, 11) is -2.02. The van der Waals surface area contributed by atoms with Gasteiger partial charge in [-0.1, -0.05) is 12.1 Å². The van der Waals surface area contributed by atoms with E-state index < -0.39 is 16.1 Å². The quantitative estimate of drug-likeness (QED) is 0.737. The summed E-state index contributed by atoms with van der Waals surface area (Å²) in [5.74, 6) is 0.755. The van der Waals surface area contributed by atoms with E-state index in [9.17, 15) is 13.2 Å². The number of ether oxygens (including phenoxy) is 2. The van der Waals surface area contributed by atoms with Crippen molar-refractivity contribution in [3.05, 3.63) is 54.1 Å². The molecule has 0 aliphatic carbocycles. The van der Waals surface area contributed by atoms with E-state index >= 15 is 0 Å². The van der Waals surface area contributed by atoms with Gasteiger partial charge in [0.1, 0.15) is 5.75 Å². The molecule has 2 aromatic rings. The lowest BCUT2D eigenvalue weighted by Crippen LogP contribution is -2.26. The molecular weight excluding hydrogens is 356 g/mol. The topological polar surface area (TPSA) is 93.7 Å². The molecule has 0 saturated heterocycles. The number of rotatable bonds is 8.